The molecule has 3 N–H and O–H groups in total. The SMILES string of the molecule is O=C(O)CC(CNCCc1cc(Br)cs1)C(=O)O. The second-order valence-corrected chi connectivity index (χ2v) is 5.73. The number of hydrogen-bond acceptors (Lipinski definition) is 4. The van der Waals surface area contributed by atoms with E-state index in [9.17, 15) is 9.59 Å². The van der Waals surface area contributed by atoms with Crippen LogP contribution in [0.2, 0.25) is 0 Å². The lowest BCUT2D eigenvalue weighted by Crippen LogP contribution is -2.31. The Morgan fingerprint density at radius 1 is 1.44 bits per heavy atom. The minimum atomic E-state index is -1.09. The fourth-order valence-electron chi connectivity index (χ4n) is 1.43. The van der Waals surface area contributed by atoms with Crippen LogP contribution in [0.5, 0.6) is 0 Å². The van der Waals surface area contributed by atoms with E-state index in [-0.39, 0.29) is 13.0 Å². The van der Waals surface area contributed by atoms with Crippen LogP contribution in [0.1, 0.15) is 11.3 Å². The van der Waals surface area contributed by atoms with E-state index in [2.05, 4.69) is 21.2 Å². The van der Waals surface area contributed by atoms with Gasteiger partial charge >= 0.3 is 11.9 Å². The summed E-state index contributed by atoms with van der Waals surface area (Å²) in [6, 6.07) is 2.01. The third-order valence-corrected chi connectivity index (χ3v) is 4.09. The van der Waals surface area contributed by atoms with Crippen molar-refractivity contribution in [3.8, 4) is 0 Å². The van der Waals surface area contributed by atoms with Crippen LogP contribution in [0.3, 0.4) is 0 Å². The molecule has 0 amide bonds. The number of aliphatic carboxylic acids is 2. The van der Waals surface area contributed by atoms with Crippen LogP contribution in [0.15, 0.2) is 15.9 Å². The second-order valence-electron chi connectivity index (χ2n) is 3.82. The van der Waals surface area contributed by atoms with Gasteiger partial charge < -0.3 is 15.5 Å². The number of thiophene rings is 1. The Hall–Kier alpha value is -0.920. The molecular formula is C11H14BrNO4S. The van der Waals surface area contributed by atoms with Crippen LogP contribution in [-0.4, -0.2) is 35.2 Å². The summed E-state index contributed by atoms with van der Waals surface area (Å²) in [5, 5.41) is 22.4. The van der Waals surface area contributed by atoms with Crippen LogP contribution in [0, 0.1) is 5.92 Å². The predicted octanol–water partition coefficient (Wildman–Crippen LogP) is 1.82. The molecule has 1 rings (SSSR count). The smallest absolute Gasteiger partial charge is 0.308 e. The maximum absolute atomic E-state index is 10.8. The number of carbonyl (C=O) groups is 2. The highest BCUT2D eigenvalue weighted by Crippen LogP contribution is 2.19. The number of carboxylic acid groups (broad SMARTS) is 2. The molecule has 0 spiro atoms. The number of nitrogens with one attached hydrogen (secondary N) is 1. The largest absolute Gasteiger partial charge is 0.481 e. The molecule has 18 heavy (non-hydrogen) atoms. The van der Waals surface area contributed by atoms with E-state index < -0.39 is 17.9 Å². The minimum Gasteiger partial charge on any atom is -0.481 e. The van der Waals surface area contributed by atoms with Gasteiger partial charge in [-0.3, -0.25) is 9.59 Å². The lowest BCUT2D eigenvalue weighted by Gasteiger charge is -2.10. The molecule has 1 heterocycles. The normalized spacial score (nSPS) is 12.3. The Morgan fingerprint density at radius 2 is 2.17 bits per heavy atom. The number of carboxylic acids is 2. The maximum Gasteiger partial charge on any atom is 0.308 e. The van der Waals surface area contributed by atoms with E-state index in [1.807, 2.05) is 11.4 Å². The van der Waals surface area contributed by atoms with E-state index in [1.54, 1.807) is 11.3 Å². The molecule has 1 aromatic rings. The number of halogens is 1. The van der Waals surface area contributed by atoms with Crippen molar-refractivity contribution in [3.63, 3.8) is 0 Å². The molecule has 0 aromatic carbocycles. The molecule has 0 bridgehead atoms. The molecule has 0 saturated heterocycles. The predicted molar refractivity (Wildman–Crippen MR) is 72.0 cm³/mol. The summed E-state index contributed by atoms with van der Waals surface area (Å²) in [6.45, 7) is 0.810. The highest BCUT2D eigenvalue weighted by Gasteiger charge is 2.20. The Bertz CT molecular complexity index is 421. The second kappa shape index (κ2) is 7.50. The molecule has 1 atom stereocenters. The molecule has 0 saturated carbocycles. The van der Waals surface area contributed by atoms with Crippen molar-refractivity contribution in [2.45, 2.75) is 12.8 Å². The van der Waals surface area contributed by atoms with Gasteiger partial charge in [0.2, 0.25) is 0 Å². The number of rotatable bonds is 8. The molecule has 0 radical (unpaired) electrons. The van der Waals surface area contributed by atoms with Crippen molar-refractivity contribution < 1.29 is 19.8 Å². The van der Waals surface area contributed by atoms with Gasteiger partial charge in [0.1, 0.15) is 0 Å². The average molecular weight is 336 g/mol. The van der Waals surface area contributed by atoms with Crippen LogP contribution in [0.4, 0.5) is 0 Å². The molecule has 0 aliphatic heterocycles. The summed E-state index contributed by atoms with van der Waals surface area (Å²) in [7, 11) is 0. The van der Waals surface area contributed by atoms with Crippen LogP contribution >= 0.6 is 27.3 Å². The molecule has 0 fully saturated rings. The summed E-state index contributed by atoms with van der Waals surface area (Å²) in [4.78, 5) is 22.5. The molecule has 1 unspecified atom stereocenters. The fourth-order valence-corrected chi connectivity index (χ4v) is 2.89. The zero-order valence-electron chi connectivity index (χ0n) is 9.56. The van der Waals surface area contributed by atoms with Crippen LogP contribution in [0.25, 0.3) is 0 Å². The van der Waals surface area contributed by atoms with Crippen molar-refractivity contribution in [2.24, 2.45) is 5.92 Å². The molecule has 0 aliphatic rings. The zero-order chi connectivity index (χ0) is 13.5. The zero-order valence-corrected chi connectivity index (χ0v) is 12.0. The van der Waals surface area contributed by atoms with Gasteiger partial charge in [0.25, 0.3) is 0 Å². The minimum absolute atomic E-state index is 0.175. The first-order valence-corrected chi connectivity index (χ1v) is 7.04. The summed E-state index contributed by atoms with van der Waals surface area (Å²) in [6.07, 6.45) is 0.447. The fraction of sp³-hybridized carbons (Fsp3) is 0.455. The van der Waals surface area contributed by atoms with Gasteiger partial charge in [-0.15, -0.1) is 11.3 Å². The van der Waals surface area contributed by atoms with E-state index in [1.165, 1.54) is 4.88 Å². The summed E-state index contributed by atoms with van der Waals surface area (Å²) in [5.74, 6) is -3.05. The quantitative estimate of drug-likeness (QED) is 0.631. The first kappa shape index (κ1) is 15.1. The van der Waals surface area contributed by atoms with E-state index in [4.69, 9.17) is 10.2 Å². The molecule has 7 heteroatoms. The molecule has 5 nitrogen and oxygen atoms in total. The van der Waals surface area contributed by atoms with Crippen LogP contribution < -0.4 is 5.32 Å². The van der Waals surface area contributed by atoms with Gasteiger partial charge in [0, 0.05) is 21.3 Å². The highest BCUT2D eigenvalue weighted by molar-refractivity contribution is 9.10. The Morgan fingerprint density at radius 3 is 2.67 bits per heavy atom. The van der Waals surface area contributed by atoms with Gasteiger partial charge in [-0.25, -0.2) is 0 Å². The van der Waals surface area contributed by atoms with Gasteiger partial charge in [-0.1, -0.05) is 0 Å². The van der Waals surface area contributed by atoms with Crippen molar-refractivity contribution in [1.82, 2.24) is 5.32 Å². The molecule has 1 aromatic heterocycles. The lowest BCUT2D eigenvalue weighted by molar-refractivity contribution is -0.148. The van der Waals surface area contributed by atoms with Gasteiger partial charge in [0.05, 0.1) is 12.3 Å². The van der Waals surface area contributed by atoms with Gasteiger partial charge in [-0.2, -0.15) is 0 Å². The first-order chi connectivity index (χ1) is 8.49. The monoisotopic (exact) mass is 335 g/mol. The van der Waals surface area contributed by atoms with Crippen LogP contribution in [-0.2, 0) is 16.0 Å². The topological polar surface area (TPSA) is 86.6 Å². The third-order valence-electron chi connectivity index (χ3n) is 2.33. The van der Waals surface area contributed by atoms with Crippen molar-refractivity contribution in [2.75, 3.05) is 13.1 Å². The Labute approximate surface area is 117 Å². The first-order valence-electron chi connectivity index (χ1n) is 5.37. The van der Waals surface area contributed by atoms with E-state index >= 15 is 0 Å². The van der Waals surface area contributed by atoms with Gasteiger partial charge in [0.15, 0.2) is 0 Å². The average Bonchev–Trinajstić information content (AvgIpc) is 2.68. The third kappa shape index (κ3) is 5.61. The van der Waals surface area contributed by atoms with Crippen molar-refractivity contribution in [1.29, 1.82) is 0 Å². The highest BCUT2D eigenvalue weighted by atomic mass is 79.9. The standard InChI is InChI=1S/C11H14BrNO4S/c12-8-4-9(18-6-8)1-2-13-5-7(11(16)17)3-10(14)15/h4,6-7,13H,1-3,5H2,(H,14,15)(H,16,17). The molecule has 100 valence electrons. The summed E-state index contributed by atoms with van der Waals surface area (Å²) < 4.78 is 1.04. The van der Waals surface area contributed by atoms with E-state index in [0.717, 1.165) is 10.9 Å². The Kier molecular flexibility index (Phi) is 6.31. The molecular weight excluding hydrogens is 322 g/mol. The van der Waals surface area contributed by atoms with E-state index in [0.29, 0.717) is 6.54 Å². The Balaban J connectivity index is 2.26. The maximum atomic E-state index is 10.8. The van der Waals surface area contributed by atoms with Gasteiger partial charge in [-0.05, 0) is 35.0 Å². The molecule has 0 aliphatic carbocycles. The summed E-state index contributed by atoms with van der Waals surface area (Å²) >= 11 is 4.99. The number of hydrogen-bond donors (Lipinski definition) is 3. The summed E-state index contributed by atoms with van der Waals surface area (Å²) in [5.41, 5.74) is 0. The van der Waals surface area contributed by atoms with Crippen molar-refractivity contribution in [3.05, 3.63) is 20.8 Å². The lowest BCUT2D eigenvalue weighted by atomic mass is 10.1. The van der Waals surface area contributed by atoms with Crippen molar-refractivity contribution >= 4 is 39.2 Å².